The van der Waals surface area contributed by atoms with Crippen LogP contribution in [0.2, 0.25) is 5.02 Å². The van der Waals surface area contributed by atoms with Gasteiger partial charge in [-0.25, -0.2) is 0 Å². The molecular formula is C20H17Cl. The minimum absolute atomic E-state index is 0.857. The first kappa shape index (κ1) is 13.9. The van der Waals surface area contributed by atoms with E-state index in [1.54, 1.807) is 0 Å². The zero-order valence-corrected chi connectivity index (χ0v) is 13.0. The van der Waals surface area contributed by atoms with Crippen LogP contribution in [0.4, 0.5) is 0 Å². The Bertz CT molecular complexity index is 750. The van der Waals surface area contributed by atoms with Crippen LogP contribution < -0.4 is 0 Å². The fourth-order valence-corrected chi connectivity index (χ4v) is 2.81. The largest absolute Gasteiger partial charge is 0.0838 e. The van der Waals surface area contributed by atoms with Gasteiger partial charge in [0.15, 0.2) is 0 Å². The van der Waals surface area contributed by atoms with Crippen LogP contribution in [0.5, 0.6) is 0 Å². The normalized spacial score (nSPS) is 10.6. The Kier molecular flexibility index (Phi) is 3.81. The molecule has 0 saturated heterocycles. The monoisotopic (exact) mass is 292 g/mol. The Morgan fingerprint density at radius 1 is 0.619 bits per heavy atom. The fraction of sp³-hybridized carbons (Fsp3) is 0.100. The van der Waals surface area contributed by atoms with Crippen molar-refractivity contribution >= 4 is 11.6 Å². The molecule has 21 heavy (non-hydrogen) atoms. The fourth-order valence-electron chi connectivity index (χ4n) is 2.71. The predicted octanol–water partition coefficient (Wildman–Crippen LogP) is 6.29. The van der Waals surface area contributed by atoms with Crippen molar-refractivity contribution in [3.63, 3.8) is 0 Å². The molecule has 0 radical (unpaired) electrons. The number of hydrogen-bond acceptors (Lipinski definition) is 0. The van der Waals surface area contributed by atoms with Crippen molar-refractivity contribution in [2.75, 3.05) is 0 Å². The molecule has 3 aromatic carbocycles. The van der Waals surface area contributed by atoms with Gasteiger partial charge in [-0.05, 0) is 59.4 Å². The van der Waals surface area contributed by atoms with Gasteiger partial charge in [0.25, 0.3) is 0 Å². The zero-order chi connectivity index (χ0) is 14.8. The van der Waals surface area contributed by atoms with Gasteiger partial charge in [-0.3, -0.25) is 0 Å². The summed E-state index contributed by atoms with van der Waals surface area (Å²) in [5.74, 6) is 0. The number of aryl methyl sites for hydroxylation is 2. The third-order valence-electron chi connectivity index (χ3n) is 3.76. The van der Waals surface area contributed by atoms with E-state index in [2.05, 4.69) is 74.5 Å². The van der Waals surface area contributed by atoms with E-state index in [0.29, 0.717) is 0 Å². The van der Waals surface area contributed by atoms with Gasteiger partial charge in [0.05, 0.1) is 0 Å². The summed E-state index contributed by atoms with van der Waals surface area (Å²) in [6, 6.07) is 23.3. The van der Waals surface area contributed by atoms with Gasteiger partial charge < -0.3 is 0 Å². The van der Waals surface area contributed by atoms with Gasteiger partial charge in [-0.15, -0.1) is 0 Å². The lowest BCUT2D eigenvalue weighted by molar-refractivity contribution is 1.38. The summed E-state index contributed by atoms with van der Waals surface area (Å²) < 4.78 is 0. The molecule has 3 aromatic rings. The average Bonchev–Trinajstić information content (AvgIpc) is 2.53. The molecule has 0 aliphatic rings. The smallest absolute Gasteiger partial charge is 0.0464 e. The molecule has 0 saturated carbocycles. The standard InChI is InChI=1S/C20H17Cl/c1-14-12-17(13-15(2)20(14)21)19-11-7-6-10-18(19)16-8-4-3-5-9-16/h3-13H,1-2H3. The van der Waals surface area contributed by atoms with Crippen molar-refractivity contribution in [3.8, 4) is 22.3 Å². The summed E-state index contributed by atoms with van der Waals surface area (Å²) >= 11 is 6.29. The van der Waals surface area contributed by atoms with Crippen molar-refractivity contribution in [1.29, 1.82) is 0 Å². The number of rotatable bonds is 2. The molecule has 0 heterocycles. The highest BCUT2D eigenvalue weighted by Gasteiger charge is 2.09. The molecule has 0 bridgehead atoms. The summed E-state index contributed by atoms with van der Waals surface area (Å²) in [5.41, 5.74) is 7.18. The van der Waals surface area contributed by atoms with Crippen LogP contribution in [-0.2, 0) is 0 Å². The van der Waals surface area contributed by atoms with Crippen molar-refractivity contribution in [2.24, 2.45) is 0 Å². The molecule has 0 aliphatic carbocycles. The lowest BCUT2D eigenvalue weighted by Gasteiger charge is -2.13. The van der Waals surface area contributed by atoms with Gasteiger partial charge in [0.2, 0.25) is 0 Å². The van der Waals surface area contributed by atoms with E-state index in [1.807, 2.05) is 6.07 Å². The van der Waals surface area contributed by atoms with Gasteiger partial charge in [0.1, 0.15) is 0 Å². The van der Waals surface area contributed by atoms with Gasteiger partial charge in [-0.1, -0.05) is 66.2 Å². The van der Waals surface area contributed by atoms with Crippen LogP contribution in [0.1, 0.15) is 11.1 Å². The second-order valence-corrected chi connectivity index (χ2v) is 5.71. The minimum atomic E-state index is 0.857. The van der Waals surface area contributed by atoms with Gasteiger partial charge in [0, 0.05) is 5.02 Å². The van der Waals surface area contributed by atoms with E-state index < -0.39 is 0 Å². The molecule has 0 aromatic heterocycles. The zero-order valence-electron chi connectivity index (χ0n) is 12.2. The second-order valence-electron chi connectivity index (χ2n) is 5.34. The van der Waals surface area contributed by atoms with Crippen LogP contribution in [0, 0.1) is 13.8 Å². The first-order chi connectivity index (χ1) is 10.2. The molecular weight excluding hydrogens is 276 g/mol. The highest BCUT2D eigenvalue weighted by Crippen LogP contribution is 2.34. The maximum atomic E-state index is 6.29. The Morgan fingerprint density at radius 2 is 1.10 bits per heavy atom. The molecule has 0 aliphatic heterocycles. The maximum absolute atomic E-state index is 6.29. The Balaban J connectivity index is 2.21. The first-order valence-corrected chi connectivity index (χ1v) is 7.46. The van der Waals surface area contributed by atoms with Crippen LogP contribution in [-0.4, -0.2) is 0 Å². The van der Waals surface area contributed by atoms with E-state index in [1.165, 1.54) is 22.3 Å². The Morgan fingerprint density at radius 3 is 1.67 bits per heavy atom. The maximum Gasteiger partial charge on any atom is 0.0464 e. The van der Waals surface area contributed by atoms with E-state index in [-0.39, 0.29) is 0 Å². The van der Waals surface area contributed by atoms with Gasteiger partial charge in [-0.2, -0.15) is 0 Å². The quantitative estimate of drug-likeness (QED) is 0.520. The molecule has 1 heteroatoms. The van der Waals surface area contributed by atoms with E-state index >= 15 is 0 Å². The number of hydrogen-bond donors (Lipinski definition) is 0. The van der Waals surface area contributed by atoms with E-state index in [4.69, 9.17) is 11.6 Å². The third kappa shape index (κ3) is 2.72. The number of halogens is 1. The van der Waals surface area contributed by atoms with E-state index in [0.717, 1.165) is 16.1 Å². The first-order valence-electron chi connectivity index (χ1n) is 7.08. The summed E-state index contributed by atoms with van der Waals surface area (Å²) in [6.07, 6.45) is 0. The SMILES string of the molecule is Cc1cc(-c2ccccc2-c2ccccc2)cc(C)c1Cl. The van der Waals surface area contributed by atoms with E-state index in [9.17, 15) is 0 Å². The molecule has 0 fully saturated rings. The van der Waals surface area contributed by atoms with Crippen LogP contribution in [0.3, 0.4) is 0 Å². The summed E-state index contributed by atoms with van der Waals surface area (Å²) in [6.45, 7) is 4.12. The highest BCUT2D eigenvalue weighted by molar-refractivity contribution is 6.32. The van der Waals surface area contributed by atoms with Crippen molar-refractivity contribution in [1.82, 2.24) is 0 Å². The van der Waals surface area contributed by atoms with Crippen molar-refractivity contribution in [3.05, 3.63) is 82.9 Å². The van der Waals surface area contributed by atoms with Crippen LogP contribution in [0.15, 0.2) is 66.7 Å². The summed E-state index contributed by atoms with van der Waals surface area (Å²) in [4.78, 5) is 0. The van der Waals surface area contributed by atoms with Crippen molar-refractivity contribution < 1.29 is 0 Å². The summed E-state index contributed by atoms with van der Waals surface area (Å²) in [7, 11) is 0. The lowest BCUT2D eigenvalue weighted by Crippen LogP contribution is -1.88. The number of benzene rings is 3. The van der Waals surface area contributed by atoms with Gasteiger partial charge >= 0.3 is 0 Å². The Labute approximate surface area is 131 Å². The van der Waals surface area contributed by atoms with Crippen LogP contribution in [0.25, 0.3) is 22.3 Å². The molecule has 0 amide bonds. The third-order valence-corrected chi connectivity index (χ3v) is 4.36. The molecule has 104 valence electrons. The minimum Gasteiger partial charge on any atom is -0.0838 e. The molecule has 3 rings (SSSR count). The second kappa shape index (κ2) is 5.75. The average molecular weight is 293 g/mol. The predicted molar refractivity (Wildman–Crippen MR) is 91.8 cm³/mol. The lowest BCUT2D eigenvalue weighted by atomic mass is 9.93. The van der Waals surface area contributed by atoms with Crippen LogP contribution >= 0.6 is 11.6 Å². The molecule has 0 spiro atoms. The molecule has 0 unspecified atom stereocenters. The molecule has 0 atom stereocenters. The Hall–Kier alpha value is -2.05. The molecule has 0 nitrogen and oxygen atoms in total. The van der Waals surface area contributed by atoms with Crippen molar-refractivity contribution in [2.45, 2.75) is 13.8 Å². The highest BCUT2D eigenvalue weighted by atomic mass is 35.5. The molecule has 0 N–H and O–H groups in total. The summed E-state index contributed by atoms with van der Waals surface area (Å²) in [5, 5.41) is 0.857. The topological polar surface area (TPSA) is 0 Å².